The van der Waals surface area contributed by atoms with Crippen molar-refractivity contribution < 1.29 is 28.5 Å². The highest BCUT2D eigenvalue weighted by atomic mass is 16.5. The molecule has 6 heteroatoms. The molecule has 0 N–H and O–H groups in total. The minimum atomic E-state index is -0.321. The molecule has 1 saturated carbocycles. The first-order valence-electron chi connectivity index (χ1n) is 16.9. The first-order chi connectivity index (χ1) is 20.9. The molecule has 0 atom stereocenters. The van der Waals surface area contributed by atoms with Crippen molar-refractivity contribution in [2.75, 3.05) is 26.9 Å². The van der Waals surface area contributed by atoms with Gasteiger partial charge >= 0.3 is 11.9 Å². The van der Waals surface area contributed by atoms with E-state index in [1.807, 2.05) is 18.2 Å². The fraction of sp³-hybridized carbons (Fsp3) is 0.676. The second-order valence-corrected chi connectivity index (χ2v) is 12.2. The fourth-order valence-corrected chi connectivity index (χ4v) is 5.60. The number of carbonyl (C=O) groups excluding carboxylic acids is 2. The normalized spacial score (nSPS) is 16.6. The summed E-state index contributed by atoms with van der Waals surface area (Å²) >= 11 is 0. The third kappa shape index (κ3) is 16.6. The Balaban J connectivity index is 1.53. The van der Waals surface area contributed by atoms with E-state index in [2.05, 4.69) is 13.5 Å². The van der Waals surface area contributed by atoms with Crippen molar-refractivity contribution in [3.8, 4) is 11.5 Å². The Kier molecular flexibility index (Phi) is 19.3. The standard InChI is InChI=1S/C37H58O6/c1-5-6-14-17-31-18-20-33(21-19-31)29-43-34-24-22-32(28-35(34)40-4)23-25-36(38)41-26-15-12-10-8-7-9-11-13-16-27-42-37(39)30(2)3/h22-25,28,31,33H,2,5-21,26-27,29H2,1,3-4H3/t31-,33-. The maximum absolute atomic E-state index is 12.2. The molecule has 6 nitrogen and oxygen atoms in total. The maximum Gasteiger partial charge on any atom is 0.333 e. The van der Waals surface area contributed by atoms with Gasteiger partial charge in [-0.2, -0.15) is 0 Å². The Hall–Kier alpha value is -2.76. The summed E-state index contributed by atoms with van der Waals surface area (Å²) in [5.41, 5.74) is 1.33. The SMILES string of the molecule is C=C(C)C(=O)OCCCCCCCCCCCOC(=O)C=Cc1ccc(OC[C@H]2CC[C@H](CCCCC)CC2)c(OC)c1. The van der Waals surface area contributed by atoms with Crippen LogP contribution in [0.1, 0.15) is 129 Å². The topological polar surface area (TPSA) is 71.1 Å². The maximum atomic E-state index is 12.2. The lowest BCUT2D eigenvalue weighted by molar-refractivity contribution is -0.139. The number of ether oxygens (including phenoxy) is 4. The van der Waals surface area contributed by atoms with Gasteiger partial charge in [-0.15, -0.1) is 0 Å². The lowest BCUT2D eigenvalue weighted by Crippen LogP contribution is -2.20. The molecule has 0 radical (unpaired) electrons. The molecule has 1 aliphatic carbocycles. The molecule has 1 aromatic rings. The Morgan fingerprint density at radius 1 is 0.814 bits per heavy atom. The lowest BCUT2D eigenvalue weighted by Gasteiger charge is -2.28. The minimum absolute atomic E-state index is 0.298. The largest absolute Gasteiger partial charge is 0.493 e. The molecule has 0 spiro atoms. The van der Waals surface area contributed by atoms with E-state index >= 15 is 0 Å². The van der Waals surface area contributed by atoms with Crippen LogP contribution in [0.4, 0.5) is 0 Å². The number of hydrogen-bond acceptors (Lipinski definition) is 6. The molecule has 0 unspecified atom stereocenters. The first kappa shape index (κ1) is 36.4. The smallest absolute Gasteiger partial charge is 0.333 e. The number of esters is 2. The van der Waals surface area contributed by atoms with Gasteiger partial charge in [-0.1, -0.05) is 103 Å². The number of methoxy groups -OCH3 is 1. The van der Waals surface area contributed by atoms with Crippen molar-refractivity contribution in [2.45, 2.75) is 123 Å². The summed E-state index contributed by atoms with van der Waals surface area (Å²) in [6, 6.07) is 5.79. The minimum Gasteiger partial charge on any atom is -0.493 e. The van der Waals surface area contributed by atoms with Crippen LogP contribution in [0.5, 0.6) is 11.5 Å². The van der Waals surface area contributed by atoms with E-state index in [0.717, 1.165) is 62.4 Å². The van der Waals surface area contributed by atoms with Gasteiger partial charge in [0.25, 0.3) is 0 Å². The van der Waals surface area contributed by atoms with E-state index in [1.54, 1.807) is 20.1 Å². The van der Waals surface area contributed by atoms with Gasteiger partial charge in [-0.05, 0) is 68.2 Å². The van der Waals surface area contributed by atoms with Gasteiger partial charge < -0.3 is 18.9 Å². The Bertz CT molecular complexity index is 960. The van der Waals surface area contributed by atoms with Crippen molar-refractivity contribution in [3.63, 3.8) is 0 Å². The number of hydrogen-bond donors (Lipinski definition) is 0. The van der Waals surface area contributed by atoms with Gasteiger partial charge in [0.2, 0.25) is 0 Å². The van der Waals surface area contributed by atoms with Gasteiger partial charge in [0, 0.05) is 11.6 Å². The summed E-state index contributed by atoms with van der Waals surface area (Å²) in [6.45, 7) is 9.18. The monoisotopic (exact) mass is 598 g/mol. The van der Waals surface area contributed by atoms with Crippen molar-refractivity contribution in [1.82, 2.24) is 0 Å². The van der Waals surface area contributed by atoms with Gasteiger partial charge in [-0.25, -0.2) is 9.59 Å². The van der Waals surface area contributed by atoms with Gasteiger partial charge in [0.05, 0.1) is 26.9 Å². The van der Waals surface area contributed by atoms with Crippen LogP contribution < -0.4 is 9.47 Å². The summed E-state index contributed by atoms with van der Waals surface area (Å²) < 4.78 is 22.2. The van der Waals surface area contributed by atoms with Crippen molar-refractivity contribution >= 4 is 18.0 Å². The third-order valence-electron chi connectivity index (χ3n) is 8.37. The van der Waals surface area contributed by atoms with Crippen LogP contribution in [0.2, 0.25) is 0 Å². The molecule has 0 aromatic heterocycles. The Morgan fingerprint density at radius 2 is 1.42 bits per heavy atom. The van der Waals surface area contributed by atoms with E-state index in [0.29, 0.717) is 30.5 Å². The van der Waals surface area contributed by atoms with Crippen LogP contribution in [0, 0.1) is 11.8 Å². The first-order valence-corrected chi connectivity index (χ1v) is 16.9. The van der Waals surface area contributed by atoms with Crippen LogP contribution in [-0.4, -0.2) is 38.9 Å². The quantitative estimate of drug-likeness (QED) is 0.0709. The zero-order valence-electron chi connectivity index (χ0n) is 27.3. The molecular weight excluding hydrogens is 540 g/mol. The van der Waals surface area contributed by atoms with Crippen LogP contribution in [0.3, 0.4) is 0 Å². The molecule has 242 valence electrons. The summed E-state index contributed by atoms with van der Waals surface area (Å²) in [5.74, 6) is 2.35. The van der Waals surface area contributed by atoms with Crippen LogP contribution in [-0.2, 0) is 19.1 Å². The second kappa shape index (κ2) is 22.7. The molecule has 1 aliphatic rings. The molecule has 43 heavy (non-hydrogen) atoms. The van der Waals surface area contributed by atoms with Crippen LogP contribution >= 0.6 is 0 Å². The van der Waals surface area contributed by atoms with Crippen LogP contribution in [0.25, 0.3) is 6.08 Å². The van der Waals surface area contributed by atoms with Gasteiger partial charge in [-0.3, -0.25) is 0 Å². The predicted molar refractivity (Wildman–Crippen MR) is 175 cm³/mol. The van der Waals surface area contributed by atoms with E-state index in [4.69, 9.17) is 18.9 Å². The van der Waals surface area contributed by atoms with Crippen molar-refractivity contribution in [2.24, 2.45) is 11.8 Å². The highest BCUT2D eigenvalue weighted by Crippen LogP contribution is 2.34. The molecule has 0 saturated heterocycles. The molecule has 0 bridgehead atoms. The summed E-state index contributed by atoms with van der Waals surface area (Å²) in [5, 5.41) is 0. The van der Waals surface area contributed by atoms with Crippen LogP contribution in [0.15, 0.2) is 36.4 Å². The number of unbranched alkanes of at least 4 members (excludes halogenated alkanes) is 10. The summed E-state index contributed by atoms with van der Waals surface area (Å²) in [4.78, 5) is 23.5. The van der Waals surface area contributed by atoms with E-state index in [-0.39, 0.29) is 11.9 Å². The fourth-order valence-electron chi connectivity index (χ4n) is 5.60. The zero-order valence-corrected chi connectivity index (χ0v) is 27.3. The predicted octanol–water partition coefficient (Wildman–Crippen LogP) is 9.65. The molecule has 0 amide bonds. The molecule has 2 rings (SSSR count). The molecule has 1 aromatic carbocycles. The second-order valence-electron chi connectivity index (χ2n) is 12.2. The zero-order chi connectivity index (χ0) is 31.1. The van der Waals surface area contributed by atoms with Gasteiger partial charge in [0.1, 0.15) is 0 Å². The van der Waals surface area contributed by atoms with Gasteiger partial charge in [0.15, 0.2) is 11.5 Å². The average molecular weight is 599 g/mol. The van der Waals surface area contributed by atoms with Crippen molar-refractivity contribution in [1.29, 1.82) is 0 Å². The summed E-state index contributed by atoms with van der Waals surface area (Å²) in [6.07, 6.45) is 23.7. The highest BCUT2D eigenvalue weighted by molar-refractivity contribution is 5.87. The van der Waals surface area contributed by atoms with Crippen molar-refractivity contribution in [3.05, 3.63) is 42.0 Å². The highest BCUT2D eigenvalue weighted by Gasteiger charge is 2.21. The molecule has 0 aliphatic heterocycles. The molecule has 1 fully saturated rings. The van der Waals surface area contributed by atoms with E-state index < -0.39 is 0 Å². The number of rotatable bonds is 23. The van der Waals surface area contributed by atoms with E-state index in [1.165, 1.54) is 76.7 Å². The molecule has 0 heterocycles. The van der Waals surface area contributed by atoms with E-state index in [9.17, 15) is 9.59 Å². The molecular formula is C37H58O6. The Labute approximate surface area is 261 Å². The Morgan fingerprint density at radius 3 is 2.02 bits per heavy atom. The average Bonchev–Trinajstić information content (AvgIpc) is 3.01. The third-order valence-corrected chi connectivity index (χ3v) is 8.37. The number of benzene rings is 1. The number of carbonyl (C=O) groups is 2. The summed E-state index contributed by atoms with van der Waals surface area (Å²) in [7, 11) is 1.65. The lowest BCUT2D eigenvalue weighted by atomic mass is 9.80.